The molecule has 1 aliphatic rings. The largest absolute Gasteiger partial charge is 0.421 e. The molecule has 39 heavy (non-hydrogen) atoms. The van der Waals surface area contributed by atoms with Gasteiger partial charge in [0.25, 0.3) is 5.56 Å². The van der Waals surface area contributed by atoms with Gasteiger partial charge in [-0.1, -0.05) is 24.3 Å². The van der Waals surface area contributed by atoms with Gasteiger partial charge in [-0.3, -0.25) is 9.59 Å². The fraction of sp³-hybridized carbons (Fsp3) is 0.300. The molecule has 202 valence electrons. The summed E-state index contributed by atoms with van der Waals surface area (Å²) in [6, 6.07) is 12.2. The first-order valence-corrected chi connectivity index (χ1v) is 12.8. The van der Waals surface area contributed by atoms with Crippen LogP contribution in [0.15, 0.2) is 56.5 Å². The van der Waals surface area contributed by atoms with Crippen LogP contribution in [0.2, 0.25) is 0 Å². The molecule has 4 aromatic rings. The Morgan fingerprint density at radius 2 is 1.90 bits per heavy atom. The monoisotopic (exact) mass is 531 g/mol. The third kappa shape index (κ3) is 5.09. The molecule has 0 saturated heterocycles. The van der Waals surface area contributed by atoms with Gasteiger partial charge in [-0.05, 0) is 68.5 Å². The van der Waals surface area contributed by atoms with E-state index in [-0.39, 0.29) is 58.6 Å². The molecule has 1 fully saturated rings. The third-order valence-electron chi connectivity index (χ3n) is 7.01. The number of nitrogens with zero attached hydrogens (tertiary/aromatic N) is 1. The smallest absolute Gasteiger partial charge is 0.341 e. The summed E-state index contributed by atoms with van der Waals surface area (Å²) in [6.45, 7) is 5.41. The molecule has 0 radical (unpaired) electrons. The first kappa shape index (κ1) is 26.4. The Hall–Kier alpha value is -4.24. The molecule has 0 atom stereocenters. The van der Waals surface area contributed by atoms with E-state index in [4.69, 9.17) is 9.15 Å². The van der Waals surface area contributed by atoms with Crippen molar-refractivity contribution in [3.63, 3.8) is 0 Å². The Bertz CT molecular complexity index is 1720. The van der Waals surface area contributed by atoms with E-state index in [1.165, 1.54) is 13.2 Å². The average Bonchev–Trinajstić information content (AvgIpc) is 3.72. The lowest BCUT2D eigenvalue weighted by Crippen LogP contribution is -2.26. The van der Waals surface area contributed by atoms with E-state index in [1.54, 1.807) is 30.5 Å². The molecule has 0 aliphatic heterocycles. The normalized spacial score (nSPS) is 13.1. The fourth-order valence-electron chi connectivity index (χ4n) is 4.91. The minimum absolute atomic E-state index is 0.0355. The summed E-state index contributed by atoms with van der Waals surface area (Å²) in [7, 11) is 1.45. The number of fused-ring (bicyclic) bond motifs is 1. The molecule has 2 aromatic heterocycles. The van der Waals surface area contributed by atoms with Gasteiger partial charge in [-0.25, -0.2) is 9.18 Å². The summed E-state index contributed by atoms with van der Waals surface area (Å²) in [5.41, 5.74) is 3.38. The lowest BCUT2D eigenvalue weighted by molar-refractivity contribution is -0.124. The van der Waals surface area contributed by atoms with Crippen molar-refractivity contribution in [3.05, 3.63) is 91.4 Å². The SMILES string of the molecule is COCC(=O)NCc1cccc(-c2c(C)n(C3CC3)c(=O)c3c(Nc4ccc(C)cc4F)c(C)c(=O)oc23)c1. The van der Waals surface area contributed by atoms with Gasteiger partial charge in [0, 0.05) is 31.0 Å². The molecule has 2 N–H and O–H groups in total. The van der Waals surface area contributed by atoms with E-state index < -0.39 is 11.4 Å². The average molecular weight is 532 g/mol. The van der Waals surface area contributed by atoms with Crippen LogP contribution in [0.5, 0.6) is 0 Å². The van der Waals surface area contributed by atoms with Crippen LogP contribution in [-0.4, -0.2) is 24.2 Å². The highest BCUT2D eigenvalue weighted by Crippen LogP contribution is 2.40. The molecule has 1 aliphatic carbocycles. The van der Waals surface area contributed by atoms with Crippen LogP contribution in [0.25, 0.3) is 22.1 Å². The van der Waals surface area contributed by atoms with Crippen LogP contribution in [-0.2, 0) is 16.1 Å². The van der Waals surface area contributed by atoms with Crippen LogP contribution in [0.4, 0.5) is 15.8 Å². The van der Waals surface area contributed by atoms with Gasteiger partial charge in [-0.2, -0.15) is 0 Å². The Labute approximate surface area is 224 Å². The molecule has 8 nitrogen and oxygen atoms in total. The van der Waals surface area contributed by atoms with Crippen LogP contribution in [0.1, 0.15) is 41.3 Å². The number of benzene rings is 2. The predicted molar refractivity (Wildman–Crippen MR) is 148 cm³/mol. The van der Waals surface area contributed by atoms with Gasteiger partial charge in [0.15, 0.2) is 5.58 Å². The van der Waals surface area contributed by atoms with Crippen molar-refractivity contribution in [3.8, 4) is 11.1 Å². The highest BCUT2D eigenvalue weighted by molar-refractivity contribution is 6.01. The fourth-order valence-corrected chi connectivity index (χ4v) is 4.91. The highest BCUT2D eigenvalue weighted by Gasteiger charge is 2.31. The van der Waals surface area contributed by atoms with E-state index in [0.29, 0.717) is 11.3 Å². The number of carbonyl (C=O) groups is 1. The van der Waals surface area contributed by atoms with Gasteiger partial charge in [0.1, 0.15) is 17.8 Å². The topological polar surface area (TPSA) is 103 Å². The highest BCUT2D eigenvalue weighted by atomic mass is 19.1. The van der Waals surface area contributed by atoms with Crippen LogP contribution in [0, 0.1) is 26.6 Å². The summed E-state index contributed by atoms with van der Waals surface area (Å²) >= 11 is 0. The summed E-state index contributed by atoms with van der Waals surface area (Å²) in [6.07, 6.45) is 1.73. The number of nitrogens with one attached hydrogen (secondary N) is 2. The Balaban J connectivity index is 1.73. The van der Waals surface area contributed by atoms with Gasteiger partial charge in [0.2, 0.25) is 5.91 Å². The predicted octanol–water partition coefficient (Wildman–Crippen LogP) is 5.03. The standard InChI is InChI=1S/C30H30FN3O5/c1-16-8-11-23(22(31)12-16)33-27-17(2)30(37)39-28-25(18(3)34(21-9-10-21)29(36)26(27)28)20-7-5-6-19(13-20)14-32-24(35)15-38-4/h5-8,11-13,21,33H,9-10,14-15H2,1-4H3,(H,32,35). The zero-order valence-electron chi connectivity index (χ0n) is 22.3. The van der Waals surface area contributed by atoms with Gasteiger partial charge in [0.05, 0.1) is 16.9 Å². The molecule has 1 amide bonds. The number of pyridine rings is 1. The lowest BCUT2D eigenvalue weighted by Gasteiger charge is -2.20. The van der Waals surface area contributed by atoms with Crippen molar-refractivity contribution in [2.24, 2.45) is 0 Å². The summed E-state index contributed by atoms with van der Waals surface area (Å²) in [5.74, 6) is -0.735. The quantitative estimate of drug-likeness (QED) is 0.331. The van der Waals surface area contributed by atoms with Crippen molar-refractivity contribution in [2.45, 2.75) is 46.2 Å². The van der Waals surface area contributed by atoms with E-state index in [9.17, 15) is 18.8 Å². The number of ether oxygens (including phenoxy) is 1. The zero-order valence-corrected chi connectivity index (χ0v) is 22.3. The number of rotatable bonds is 8. The van der Waals surface area contributed by atoms with E-state index in [2.05, 4.69) is 10.6 Å². The number of hydrogen-bond donors (Lipinski definition) is 2. The Morgan fingerprint density at radius 1 is 1.13 bits per heavy atom. The number of halogens is 1. The molecular formula is C30H30FN3O5. The second-order valence-corrected chi connectivity index (χ2v) is 9.98. The molecule has 0 unspecified atom stereocenters. The molecule has 1 saturated carbocycles. The minimum Gasteiger partial charge on any atom is -0.421 e. The molecule has 2 heterocycles. The van der Waals surface area contributed by atoms with Gasteiger partial charge >= 0.3 is 5.63 Å². The first-order valence-electron chi connectivity index (χ1n) is 12.8. The number of hydrogen-bond acceptors (Lipinski definition) is 6. The first-order chi connectivity index (χ1) is 18.7. The number of anilines is 2. The zero-order chi connectivity index (χ0) is 27.8. The third-order valence-corrected chi connectivity index (χ3v) is 7.01. The summed E-state index contributed by atoms with van der Waals surface area (Å²) < 4.78 is 27.3. The second kappa shape index (κ2) is 10.5. The molecular weight excluding hydrogens is 501 g/mol. The molecule has 5 rings (SSSR count). The van der Waals surface area contributed by atoms with Crippen LogP contribution >= 0.6 is 0 Å². The van der Waals surface area contributed by atoms with Gasteiger partial charge < -0.3 is 24.4 Å². The maximum Gasteiger partial charge on any atom is 0.341 e. The van der Waals surface area contributed by atoms with Crippen LogP contribution < -0.4 is 21.8 Å². The van der Waals surface area contributed by atoms with Crippen molar-refractivity contribution < 1.29 is 18.3 Å². The van der Waals surface area contributed by atoms with Crippen molar-refractivity contribution in [1.82, 2.24) is 9.88 Å². The summed E-state index contributed by atoms with van der Waals surface area (Å²) in [5, 5.41) is 6.02. The molecule has 2 aromatic carbocycles. The molecule has 0 bridgehead atoms. The number of aromatic nitrogens is 1. The van der Waals surface area contributed by atoms with Crippen molar-refractivity contribution in [2.75, 3.05) is 19.0 Å². The van der Waals surface area contributed by atoms with E-state index in [1.807, 2.05) is 31.2 Å². The Morgan fingerprint density at radius 3 is 2.59 bits per heavy atom. The number of carbonyl (C=O) groups excluding carboxylic acids is 1. The molecule has 9 heteroatoms. The maximum absolute atomic E-state index is 14.8. The number of methoxy groups -OCH3 is 1. The van der Waals surface area contributed by atoms with Crippen LogP contribution in [0.3, 0.4) is 0 Å². The van der Waals surface area contributed by atoms with Crippen molar-refractivity contribution in [1.29, 1.82) is 0 Å². The van der Waals surface area contributed by atoms with E-state index in [0.717, 1.165) is 29.5 Å². The lowest BCUT2D eigenvalue weighted by atomic mass is 9.98. The second-order valence-electron chi connectivity index (χ2n) is 9.98. The van der Waals surface area contributed by atoms with Crippen molar-refractivity contribution >= 4 is 28.3 Å². The van der Waals surface area contributed by atoms with Gasteiger partial charge in [-0.15, -0.1) is 0 Å². The molecule has 0 spiro atoms. The Kier molecular flexibility index (Phi) is 7.10. The van der Waals surface area contributed by atoms with E-state index >= 15 is 0 Å². The minimum atomic E-state index is -0.621. The number of amides is 1. The summed E-state index contributed by atoms with van der Waals surface area (Å²) in [4.78, 5) is 38.9. The number of aryl methyl sites for hydroxylation is 1. The maximum atomic E-state index is 14.8.